The number of carbonyl (C=O) groups is 5. The Hall–Kier alpha value is -5.03. The van der Waals surface area contributed by atoms with Crippen molar-refractivity contribution in [2.24, 2.45) is 5.92 Å². The van der Waals surface area contributed by atoms with Crippen molar-refractivity contribution in [3.8, 4) is 0 Å². The van der Waals surface area contributed by atoms with Crippen LogP contribution in [0, 0.1) is 5.92 Å². The van der Waals surface area contributed by atoms with E-state index in [9.17, 15) is 24.0 Å². The van der Waals surface area contributed by atoms with Crippen molar-refractivity contribution in [3.63, 3.8) is 0 Å². The maximum absolute atomic E-state index is 13.7. The quantitative estimate of drug-likeness (QED) is 0.199. The second-order valence-electron chi connectivity index (χ2n) is 10.8. The van der Waals surface area contributed by atoms with E-state index in [2.05, 4.69) is 5.32 Å². The van der Waals surface area contributed by atoms with Gasteiger partial charge in [-0.3, -0.25) is 14.4 Å². The van der Waals surface area contributed by atoms with E-state index in [-0.39, 0.29) is 38.3 Å². The maximum atomic E-state index is 13.7. The third-order valence-corrected chi connectivity index (χ3v) is 7.35. The summed E-state index contributed by atoms with van der Waals surface area (Å²) >= 11 is 0. The topological polar surface area (TPSA) is 144 Å². The number of benzene rings is 3. The van der Waals surface area contributed by atoms with Crippen LogP contribution in [0.5, 0.6) is 0 Å². The molecule has 0 spiro atoms. The van der Waals surface area contributed by atoms with E-state index in [1.54, 1.807) is 30.3 Å². The smallest absolute Gasteiger partial charge is 0.408 e. The van der Waals surface area contributed by atoms with Crippen LogP contribution in [-0.2, 0) is 51.1 Å². The molecule has 0 bridgehead atoms. The molecule has 1 aliphatic rings. The second-order valence-corrected chi connectivity index (χ2v) is 10.8. The first-order valence-corrected chi connectivity index (χ1v) is 15.0. The number of carbonyl (C=O) groups excluding carboxylic acids is 5. The lowest BCUT2D eigenvalue weighted by atomic mass is 9.90. The van der Waals surface area contributed by atoms with Crippen LogP contribution in [0.4, 0.5) is 4.79 Å². The number of alkyl carbamates (subject to hydrolysis) is 1. The van der Waals surface area contributed by atoms with Crippen molar-refractivity contribution in [2.75, 3.05) is 6.61 Å². The molecule has 1 N–H and O–H groups in total. The van der Waals surface area contributed by atoms with Crippen molar-refractivity contribution < 1.29 is 47.7 Å². The molecule has 3 aromatic carbocycles. The lowest BCUT2D eigenvalue weighted by molar-refractivity contribution is -0.195. The largest absolute Gasteiger partial charge is 0.459 e. The molecule has 1 amide bonds. The highest BCUT2D eigenvalue weighted by Crippen LogP contribution is 2.35. The summed E-state index contributed by atoms with van der Waals surface area (Å²) < 4.78 is 27.6. The van der Waals surface area contributed by atoms with Gasteiger partial charge in [-0.2, -0.15) is 0 Å². The Labute approximate surface area is 267 Å². The number of hydrogen-bond acceptors (Lipinski definition) is 10. The third-order valence-electron chi connectivity index (χ3n) is 7.35. The van der Waals surface area contributed by atoms with Crippen molar-refractivity contribution in [1.82, 2.24) is 5.32 Å². The van der Waals surface area contributed by atoms with E-state index in [1.807, 2.05) is 60.7 Å². The highest BCUT2D eigenvalue weighted by Gasteiger charge is 2.49. The summed E-state index contributed by atoms with van der Waals surface area (Å²) in [7, 11) is 0. The Balaban J connectivity index is 1.48. The Bertz CT molecular complexity index is 1460. The number of hydrogen-bond donors (Lipinski definition) is 1. The summed E-state index contributed by atoms with van der Waals surface area (Å²) in [6.45, 7) is 2.17. The van der Waals surface area contributed by atoms with E-state index < -0.39 is 54.5 Å². The fourth-order valence-corrected chi connectivity index (χ4v) is 5.17. The van der Waals surface area contributed by atoms with Gasteiger partial charge in [0.1, 0.15) is 19.3 Å². The van der Waals surface area contributed by atoms with Gasteiger partial charge in [0, 0.05) is 26.2 Å². The van der Waals surface area contributed by atoms with Gasteiger partial charge in [0.2, 0.25) is 6.29 Å². The van der Waals surface area contributed by atoms with Crippen molar-refractivity contribution >= 4 is 29.8 Å². The zero-order chi connectivity index (χ0) is 32.9. The number of amides is 1. The van der Waals surface area contributed by atoms with E-state index in [0.717, 1.165) is 11.1 Å². The van der Waals surface area contributed by atoms with Gasteiger partial charge in [0.15, 0.2) is 11.9 Å². The van der Waals surface area contributed by atoms with Crippen LogP contribution in [0.1, 0.15) is 48.2 Å². The molecule has 0 aliphatic carbocycles. The number of ether oxygens (including phenoxy) is 5. The number of Topliss-reactive ketones (excluding diaryl/α,β-unsaturated/α-hetero) is 1. The van der Waals surface area contributed by atoms with Crippen molar-refractivity contribution in [3.05, 3.63) is 108 Å². The van der Waals surface area contributed by atoms with Gasteiger partial charge in [-0.15, -0.1) is 0 Å². The summed E-state index contributed by atoms with van der Waals surface area (Å²) in [4.78, 5) is 63.0. The Kier molecular flexibility index (Phi) is 12.4. The van der Waals surface area contributed by atoms with Crippen LogP contribution in [0.3, 0.4) is 0 Å². The monoisotopic (exact) mass is 631 g/mol. The molecular formula is C35H37NO10. The molecule has 5 atom stereocenters. The molecule has 0 aromatic heterocycles. The van der Waals surface area contributed by atoms with Crippen LogP contribution < -0.4 is 5.32 Å². The molecular weight excluding hydrogens is 594 g/mol. The first-order valence-electron chi connectivity index (χ1n) is 15.0. The Morgan fingerprint density at radius 1 is 0.761 bits per heavy atom. The van der Waals surface area contributed by atoms with Crippen LogP contribution in [0.25, 0.3) is 0 Å². The van der Waals surface area contributed by atoms with Gasteiger partial charge in [-0.1, -0.05) is 78.9 Å². The molecule has 2 unspecified atom stereocenters. The molecule has 1 aliphatic heterocycles. The first kappa shape index (κ1) is 33.9. The van der Waals surface area contributed by atoms with Crippen LogP contribution in [0.15, 0.2) is 91.0 Å². The fraction of sp³-hybridized carbons (Fsp3) is 0.343. The fourth-order valence-electron chi connectivity index (χ4n) is 5.17. The number of rotatable bonds is 14. The number of esters is 3. The Morgan fingerprint density at radius 3 is 1.96 bits per heavy atom. The molecule has 46 heavy (non-hydrogen) atoms. The zero-order valence-corrected chi connectivity index (χ0v) is 25.7. The molecule has 242 valence electrons. The zero-order valence-electron chi connectivity index (χ0n) is 25.7. The maximum Gasteiger partial charge on any atom is 0.408 e. The first-order chi connectivity index (χ1) is 22.2. The normalized spacial score (nSPS) is 19.3. The number of ketones is 1. The highest BCUT2D eigenvalue weighted by molar-refractivity contribution is 5.89. The summed E-state index contributed by atoms with van der Waals surface area (Å²) in [5.41, 5.74) is 1.95. The molecule has 0 radical (unpaired) electrons. The number of nitrogens with one attached hydrogen (secondary N) is 1. The van der Waals surface area contributed by atoms with E-state index in [0.29, 0.717) is 5.56 Å². The van der Waals surface area contributed by atoms with Gasteiger partial charge in [0.05, 0.1) is 11.6 Å². The molecule has 1 saturated heterocycles. The van der Waals surface area contributed by atoms with Crippen molar-refractivity contribution in [2.45, 2.75) is 64.3 Å². The predicted octanol–water partition coefficient (Wildman–Crippen LogP) is 4.57. The summed E-state index contributed by atoms with van der Waals surface area (Å²) in [5.74, 6) is -2.91. The van der Waals surface area contributed by atoms with Crippen LogP contribution in [-0.4, -0.2) is 60.9 Å². The van der Waals surface area contributed by atoms with Gasteiger partial charge in [-0.05, 0) is 36.1 Å². The molecule has 1 fully saturated rings. The van der Waals surface area contributed by atoms with Crippen LogP contribution >= 0.6 is 0 Å². The third kappa shape index (κ3) is 10.3. The van der Waals surface area contributed by atoms with E-state index >= 15 is 0 Å². The van der Waals surface area contributed by atoms with E-state index in [1.165, 1.54) is 13.8 Å². The van der Waals surface area contributed by atoms with Gasteiger partial charge in [0.25, 0.3) is 0 Å². The lowest BCUT2D eigenvalue weighted by Gasteiger charge is -2.24. The highest BCUT2D eigenvalue weighted by atomic mass is 16.7. The SMILES string of the molecule is CC(=O)OC1O[C@H](COC(=O)c2ccccc2)[C@H](CCC(=O)[C@H](Cc2ccccc2)NC(=O)OCc2ccccc2)C1OC(C)=O. The molecule has 3 aromatic rings. The minimum atomic E-state index is -1.27. The average Bonchev–Trinajstić information content (AvgIpc) is 3.36. The van der Waals surface area contributed by atoms with Gasteiger partial charge in [-0.25, -0.2) is 9.59 Å². The predicted molar refractivity (Wildman–Crippen MR) is 164 cm³/mol. The molecule has 1 heterocycles. The van der Waals surface area contributed by atoms with Gasteiger partial charge < -0.3 is 29.0 Å². The Morgan fingerprint density at radius 2 is 1.35 bits per heavy atom. The summed E-state index contributed by atoms with van der Waals surface area (Å²) in [6, 6.07) is 25.8. The average molecular weight is 632 g/mol. The standard InChI is InChI=1S/C35H37NO10/c1-23(37)44-32-28(31(46-34(32)45-24(2)38)22-42-33(40)27-16-10-5-11-17-27)18-19-30(39)29(20-25-12-6-3-7-13-25)36-35(41)43-21-26-14-8-4-9-15-26/h3-17,28-29,31-32,34H,18-22H2,1-2H3,(H,36,41)/t28-,29-,31+,32?,34?/m0/s1. The molecule has 11 nitrogen and oxygen atoms in total. The minimum Gasteiger partial charge on any atom is -0.459 e. The second kappa shape index (κ2) is 16.9. The minimum absolute atomic E-state index is 0.0311. The van der Waals surface area contributed by atoms with Crippen molar-refractivity contribution in [1.29, 1.82) is 0 Å². The summed E-state index contributed by atoms with van der Waals surface area (Å²) in [5, 5.41) is 2.69. The van der Waals surface area contributed by atoms with Gasteiger partial charge >= 0.3 is 24.0 Å². The molecule has 0 saturated carbocycles. The van der Waals surface area contributed by atoms with Crippen LogP contribution in [0.2, 0.25) is 0 Å². The molecule has 4 rings (SSSR count). The summed E-state index contributed by atoms with van der Waals surface area (Å²) in [6.07, 6.45) is -3.71. The van der Waals surface area contributed by atoms with E-state index in [4.69, 9.17) is 23.7 Å². The lowest BCUT2D eigenvalue weighted by Crippen LogP contribution is -2.43. The molecule has 11 heteroatoms.